The molecule has 1 aliphatic carbocycles. The summed E-state index contributed by atoms with van der Waals surface area (Å²) in [5.74, 6) is 0.168. The lowest BCUT2D eigenvalue weighted by Gasteiger charge is -2.24. The van der Waals surface area contributed by atoms with Gasteiger partial charge in [-0.1, -0.05) is 28.8 Å². The molecular weight excluding hydrogens is 358 g/mol. The average molecular weight is 380 g/mol. The number of rotatable bonds is 3. The SMILES string of the molecule is Cc1cc(NC(=O)NC2CC(=O)N(C3CCCC3)C2)ccc1Br. The lowest BCUT2D eigenvalue weighted by molar-refractivity contribution is -0.129. The van der Waals surface area contributed by atoms with Crippen LogP contribution in [0.4, 0.5) is 10.5 Å². The number of nitrogens with zero attached hydrogens (tertiary/aromatic N) is 1. The number of benzene rings is 1. The van der Waals surface area contributed by atoms with Crippen molar-refractivity contribution >= 4 is 33.6 Å². The number of carbonyl (C=O) groups excluding carboxylic acids is 2. The molecule has 23 heavy (non-hydrogen) atoms. The fourth-order valence-corrected chi connectivity index (χ4v) is 3.72. The summed E-state index contributed by atoms with van der Waals surface area (Å²) in [6, 6.07) is 5.70. The van der Waals surface area contributed by atoms with E-state index in [-0.39, 0.29) is 18.0 Å². The van der Waals surface area contributed by atoms with E-state index >= 15 is 0 Å². The normalized spacial score (nSPS) is 21.7. The second-order valence-corrected chi connectivity index (χ2v) is 7.30. The first kappa shape index (κ1) is 16.3. The molecule has 1 unspecified atom stereocenters. The van der Waals surface area contributed by atoms with Gasteiger partial charge in [0.2, 0.25) is 5.91 Å². The first-order valence-corrected chi connectivity index (χ1v) is 8.95. The maximum atomic E-state index is 12.1. The number of carbonyl (C=O) groups is 2. The van der Waals surface area contributed by atoms with Crippen LogP contribution in [0.15, 0.2) is 22.7 Å². The summed E-state index contributed by atoms with van der Waals surface area (Å²) in [7, 11) is 0. The summed E-state index contributed by atoms with van der Waals surface area (Å²) in [5, 5.41) is 5.76. The van der Waals surface area contributed by atoms with Crippen LogP contribution in [0, 0.1) is 6.92 Å². The number of amides is 3. The molecule has 1 aliphatic heterocycles. The Morgan fingerprint density at radius 3 is 2.74 bits per heavy atom. The Morgan fingerprint density at radius 2 is 2.04 bits per heavy atom. The molecule has 3 rings (SSSR count). The zero-order chi connectivity index (χ0) is 16.4. The lowest BCUT2D eigenvalue weighted by atomic mass is 10.2. The first-order valence-electron chi connectivity index (χ1n) is 8.16. The molecule has 1 atom stereocenters. The van der Waals surface area contributed by atoms with Gasteiger partial charge in [0.1, 0.15) is 0 Å². The fraction of sp³-hybridized carbons (Fsp3) is 0.529. The summed E-state index contributed by atoms with van der Waals surface area (Å²) in [4.78, 5) is 26.2. The predicted octanol–water partition coefficient (Wildman–Crippen LogP) is 3.42. The Labute approximate surface area is 144 Å². The Hall–Kier alpha value is -1.56. The van der Waals surface area contributed by atoms with Crippen molar-refractivity contribution in [3.8, 4) is 0 Å². The van der Waals surface area contributed by atoms with Crippen LogP contribution in [-0.2, 0) is 4.79 Å². The second-order valence-electron chi connectivity index (χ2n) is 6.45. The van der Waals surface area contributed by atoms with Crippen molar-refractivity contribution in [2.45, 2.75) is 51.1 Å². The highest BCUT2D eigenvalue weighted by atomic mass is 79.9. The molecule has 0 spiro atoms. The van der Waals surface area contributed by atoms with Crippen molar-refractivity contribution < 1.29 is 9.59 Å². The maximum Gasteiger partial charge on any atom is 0.319 e. The summed E-state index contributed by atoms with van der Waals surface area (Å²) in [6.45, 7) is 2.61. The standard InChI is InChI=1S/C17H22BrN3O2/c1-11-8-12(6-7-15(11)18)19-17(23)20-13-9-16(22)21(10-13)14-4-2-3-5-14/h6-8,13-14H,2-5,9-10H2,1H3,(H2,19,20,23). The van der Waals surface area contributed by atoms with Crippen LogP contribution >= 0.6 is 15.9 Å². The molecular formula is C17H22BrN3O2. The summed E-state index contributed by atoms with van der Waals surface area (Å²) in [6.07, 6.45) is 5.01. The Bertz CT molecular complexity index is 614. The van der Waals surface area contributed by atoms with E-state index in [0.717, 1.165) is 28.6 Å². The molecule has 1 saturated heterocycles. The minimum atomic E-state index is -0.252. The van der Waals surface area contributed by atoms with E-state index in [0.29, 0.717) is 19.0 Å². The summed E-state index contributed by atoms with van der Waals surface area (Å²) >= 11 is 3.44. The molecule has 6 heteroatoms. The van der Waals surface area contributed by atoms with Crippen LogP contribution in [0.3, 0.4) is 0 Å². The molecule has 2 N–H and O–H groups in total. The Morgan fingerprint density at radius 1 is 1.30 bits per heavy atom. The molecule has 0 bridgehead atoms. The molecule has 2 aliphatic rings. The molecule has 0 aromatic heterocycles. The quantitative estimate of drug-likeness (QED) is 0.844. The van der Waals surface area contributed by atoms with Crippen molar-refractivity contribution in [3.63, 3.8) is 0 Å². The van der Waals surface area contributed by atoms with E-state index in [1.807, 2.05) is 30.0 Å². The van der Waals surface area contributed by atoms with E-state index in [1.165, 1.54) is 12.8 Å². The highest BCUT2D eigenvalue weighted by Crippen LogP contribution is 2.27. The zero-order valence-corrected chi connectivity index (χ0v) is 14.9. The topological polar surface area (TPSA) is 61.4 Å². The van der Waals surface area contributed by atoms with Crippen LogP contribution in [0.25, 0.3) is 0 Å². The van der Waals surface area contributed by atoms with Gasteiger partial charge in [-0.25, -0.2) is 4.79 Å². The maximum absolute atomic E-state index is 12.1. The molecule has 1 aromatic carbocycles. The van der Waals surface area contributed by atoms with Crippen LogP contribution in [0.1, 0.15) is 37.7 Å². The highest BCUT2D eigenvalue weighted by molar-refractivity contribution is 9.10. The second kappa shape index (κ2) is 6.91. The number of urea groups is 1. The summed E-state index contributed by atoms with van der Waals surface area (Å²) in [5.41, 5.74) is 1.81. The number of nitrogens with one attached hydrogen (secondary N) is 2. The number of hydrogen-bond acceptors (Lipinski definition) is 2. The number of likely N-dealkylation sites (tertiary alicyclic amines) is 1. The molecule has 1 heterocycles. The minimum Gasteiger partial charge on any atom is -0.338 e. The van der Waals surface area contributed by atoms with Crippen LogP contribution in [0.5, 0.6) is 0 Å². The van der Waals surface area contributed by atoms with Crippen molar-refractivity contribution in [3.05, 3.63) is 28.2 Å². The molecule has 3 amide bonds. The van der Waals surface area contributed by atoms with E-state index in [4.69, 9.17) is 0 Å². The van der Waals surface area contributed by atoms with Gasteiger partial charge in [-0.05, 0) is 43.5 Å². The largest absolute Gasteiger partial charge is 0.338 e. The molecule has 124 valence electrons. The van der Waals surface area contributed by atoms with E-state index in [2.05, 4.69) is 26.6 Å². The highest BCUT2D eigenvalue weighted by Gasteiger charge is 2.36. The fourth-order valence-electron chi connectivity index (χ4n) is 3.47. The number of aryl methyl sites for hydroxylation is 1. The van der Waals surface area contributed by atoms with Crippen molar-refractivity contribution in [2.75, 3.05) is 11.9 Å². The van der Waals surface area contributed by atoms with E-state index in [1.54, 1.807) is 0 Å². The van der Waals surface area contributed by atoms with Gasteiger partial charge in [-0.2, -0.15) is 0 Å². The van der Waals surface area contributed by atoms with Crippen LogP contribution in [-0.4, -0.2) is 35.5 Å². The van der Waals surface area contributed by atoms with Gasteiger partial charge < -0.3 is 15.5 Å². The Kier molecular flexibility index (Phi) is 4.90. The third-order valence-electron chi connectivity index (χ3n) is 4.67. The van der Waals surface area contributed by atoms with Crippen LogP contribution in [0.2, 0.25) is 0 Å². The number of anilines is 1. The van der Waals surface area contributed by atoms with E-state index < -0.39 is 0 Å². The molecule has 2 fully saturated rings. The van der Waals surface area contributed by atoms with Crippen molar-refractivity contribution in [1.29, 1.82) is 0 Å². The Balaban J connectivity index is 1.54. The third kappa shape index (κ3) is 3.86. The predicted molar refractivity (Wildman–Crippen MR) is 93.4 cm³/mol. The zero-order valence-electron chi connectivity index (χ0n) is 13.3. The third-order valence-corrected chi connectivity index (χ3v) is 5.56. The van der Waals surface area contributed by atoms with Gasteiger partial charge in [0, 0.05) is 29.2 Å². The minimum absolute atomic E-state index is 0.0976. The smallest absolute Gasteiger partial charge is 0.319 e. The van der Waals surface area contributed by atoms with Gasteiger partial charge in [0.05, 0.1) is 6.04 Å². The van der Waals surface area contributed by atoms with Gasteiger partial charge in [-0.3, -0.25) is 4.79 Å². The van der Waals surface area contributed by atoms with Gasteiger partial charge >= 0.3 is 6.03 Å². The average Bonchev–Trinajstić information content (AvgIpc) is 3.12. The van der Waals surface area contributed by atoms with E-state index in [9.17, 15) is 9.59 Å². The van der Waals surface area contributed by atoms with Gasteiger partial charge in [0.25, 0.3) is 0 Å². The number of halogens is 1. The van der Waals surface area contributed by atoms with Gasteiger partial charge in [-0.15, -0.1) is 0 Å². The first-order chi connectivity index (χ1) is 11.0. The summed E-state index contributed by atoms with van der Waals surface area (Å²) < 4.78 is 1.01. The van der Waals surface area contributed by atoms with Crippen LogP contribution < -0.4 is 10.6 Å². The lowest BCUT2D eigenvalue weighted by Crippen LogP contribution is -2.41. The molecule has 0 radical (unpaired) electrons. The van der Waals surface area contributed by atoms with Gasteiger partial charge in [0.15, 0.2) is 0 Å². The molecule has 1 saturated carbocycles. The monoisotopic (exact) mass is 379 g/mol. The molecule has 5 nitrogen and oxygen atoms in total. The molecule has 1 aromatic rings. The van der Waals surface area contributed by atoms with Crippen molar-refractivity contribution in [1.82, 2.24) is 10.2 Å². The number of hydrogen-bond donors (Lipinski definition) is 2. The van der Waals surface area contributed by atoms with Crippen molar-refractivity contribution in [2.24, 2.45) is 0 Å².